The van der Waals surface area contributed by atoms with Gasteiger partial charge in [-0.25, -0.2) is 9.78 Å². The number of nitrogens with zero attached hydrogens (tertiary/aromatic N) is 2. The van der Waals surface area contributed by atoms with E-state index < -0.39 is 5.63 Å². The van der Waals surface area contributed by atoms with Crippen LogP contribution in [0.4, 0.5) is 0 Å². The van der Waals surface area contributed by atoms with E-state index in [1.807, 2.05) is 43.3 Å². The zero-order chi connectivity index (χ0) is 23.4. The molecule has 2 aromatic heterocycles. The van der Waals surface area contributed by atoms with Gasteiger partial charge in [-0.1, -0.05) is 42.4 Å². The molecule has 0 aliphatic carbocycles. The molecule has 2 heterocycles. The van der Waals surface area contributed by atoms with Crippen molar-refractivity contribution in [2.24, 2.45) is 5.73 Å². The second-order valence-corrected chi connectivity index (χ2v) is 8.97. The van der Waals surface area contributed by atoms with Gasteiger partial charge >= 0.3 is 5.63 Å². The Bertz CT molecular complexity index is 1440. The van der Waals surface area contributed by atoms with Crippen molar-refractivity contribution in [2.75, 3.05) is 0 Å². The molecule has 0 spiro atoms. The van der Waals surface area contributed by atoms with Gasteiger partial charge in [-0.3, -0.25) is 14.2 Å². The van der Waals surface area contributed by atoms with E-state index in [2.05, 4.69) is 0 Å². The van der Waals surface area contributed by atoms with Crippen LogP contribution in [0.3, 0.4) is 0 Å². The van der Waals surface area contributed by atoms with Crippen LogP contribution in [0.1, 0.15) is 36.8 Å². The molecule has 4 aromatic rings. The fourth-order valence-electron chi connectivity index (χ4n) is 3.80. The molecule has 0 radical (unpaired) electrons. The summed E-state index contributed by atoms with van der Waals surface area (Å²) in [4.78, 5) is 41.0. The number of thioether (sulfide) groups is 1. The van der Waals surface area contributed by atoms with E-state index in [1.54, 1.807) is 10.6 Å². The van der Waals surface area contributed by atoms with Crippen LogP contribution in [0.15, 0.2) is 67.7 Å². The average Bonchev–Trinajstić information content (AvgIpc) is 2.78. The van der Waals surface area contributed by atoms with Crippen molar-refractivity contribution in [3.63, 3.8) is 0 Å². The lowest BCUT2D eigenvalue weighted by atomic mass is 10.1. The number of hydrogen-bond acceptors (Lipinski definition) is 6. The van der Waals surface area contributed by atoms with E-state index in [4.69, 9.17) is 15.1 Å². The van der Waals surface area contributed by atoms with Gasteiger partial charge in [0.15, 0.2) is 5.16 Å². The summed E-state index contributed by atoms with van der Waals surface area (Å²) in [6.45, 7) is 2.44. The molecule has 0 unspecified atom stereocenters. The Balaban J connectivity index is 1.64. The van der Waals surface area contributed by atoms with Crippen LogP contribution < -0.4 is 16.9 Å². The second-order valence-electron chi connectivity index (χ2n) is 8.02. The maximum atomic E-state index is 13.2. The van der Waals surface area contributed by atoms with Crippen LogP contribution in [0.2, 0.25) is 0 Å². The molecule has 1 amide bonds. The van der Waals surface area contributed by atoms with Crippen LogP contribution >= 0.6 is 11.8 Å². The summed E-state index contributed by atoms with van der Waals surface area (Å²) in [6.07, 6.45) is 2.56. The van der Waals surface area contributed by atoms with Gasteiger partial charge in [0, 0.05) is 30.2 Å². The fourth-order valence-corrected chi connectivity index (χ4v) is 4.82. The third-order valence-corrected chi connectivity index (χ3v) is 6.50. The number of aromatic nitrogens is 2. The Labute approximate surface area is 194 Å². The maximum absolute atomic E-state index is 13.2. The number of primary amides is 1. The van der Waals surface area contributed by atoms with Crippen molar-refractivity contribution in [2.45, 2.75) is 50.1 Å². The molecule has 0 saturated heterocycles. The quantitative estimate of drug-likeness (QED) is 0.173. The molecule has 2 N–H and O–H groups in total. The van der Waals surface area contributed by atoms with Crippen LogP contribution in [-0.2, 0) is 17.1 Å². The van der Waals surface area contributed by atoms with Gasteiger partial charge in [0.1, 0.15) is 5.58 Å². The number of fused-ring (bicyclic) bond motifs is 2. The van der Waals surface area contributed by atoms with Gasteiger partial charge < -0.3 is 10.2 Å². The largest absolute Gasteiger partial charge is 0.423 e. The number of benzene rings is 2. The van der Waals surface area contributed by atoms with E-state index in [-0.39, 0.29) is 11.5 Å². The third kappa shape index (κ3) is 5.34. The van der Waals surface area contributed by atoms with E-state index in [1.165, 1.54) is 17.8 Å². The lowest BCUT2D eigenvalue weighted by Crippen LogP contribution is -2.23. The highest BCUT2D eigenvalue weighted by molar-refractivity contribution is 7.98. The lowest BCUT2D eigenvalue weighted by Gasteiger charge is -2.13. The summed E-state index contributed by atoms with van der Waals surface area (Å²) in [5.74, 6) is 0.156. The summed E-state index contributed by atoms with van der Waals surface area (Å²) in [6, 6.07) is 14.6. The van der Waals surface area contributed by atoms with Crippen molar-refractivity contribution in [1.82, 2.24) is 9.55 Å². The number of para-hydroxylation sites is 1. The van der Waals surface area contributed by atoms with Gasteiger partial charge in [-0.05, 0) is 49.1 Å². The van der Waals surface area contributed by atoms with Crippen LogP contribution in [0.25, 0.3) is 21.9 Å². The molecule has 33 heavy (non-hydrogen) atoms. The number of amides is 1. The van der Waals surface area contributed by atoms with Crippen molar-refractivity contribution in [3.05, 3.63) is 80.4 Å². The maximum Gasteiger partial charge on any atom is 0.336 e. The van der Waals surface area contributed by atoms with Crippen molar-refractivity contribution >= 4 is 39.5 Å². The first-order valence-corrected chi connectivity index (χ1v) is 11.8. The Morgan fingerprint density at radius 2 is 1.88 bits per heavy atom. The third-order valence-electron chi connectivity index (χ3n) is 5.47. The fraction of sp³-hybridized carbons (Fsp3) is 0.280. The number of nitrogens with two attached hydrogens (primary N) is 1. The molecule has 0 aliphatic heterocycles. The molecule has 0 bridgehead atoms. The Morgan fingerprint density at radius 3 is 2.70 bits per heavy atom. The van der Waals surface area contributed by atoms with Gasteiger partial charge in [-0.15, -0.1) is 0 Å². The van der Waals surface area contributed by atoms with Crippen LogP contribution in [0, 0.1) is 6.92 Å². The highest BCUT2D eigenvalue weighted by Crippen LogP contribution is 2.27. The summed E-state index contributed by atoms with van der Waals surface area (Å²) in [5.41, 5.74) is 7.76. The summed E-state index contributed by atoms with van der Waals surface area (Å²) in [5, 5.41) is 2.04. The molecule has 0 aliphatic rings. The first-order valence-electron chi connectivity index (χ1n) is 10.9. The Morgan fingerprint density at radius 1 is 1.06 bits per heavy atom. The van der Waals surface area contributed by atoms with Gasteiger partial charge in [-0.2, -0.15) is 0 Å². The topological polar surface area (TPSA) is 108 Å². The molecule has 2 aromatic carbocycles. The van der Waals surface area contributed by atoms with Crippen molar-refractivity contribution in [1.29, 1.82) is 0 Å². The van der Waals surface area contributed by atoms with E-state index in [9.17, 15) is 14.4 Å². The molecule has 0 saturated carbocycles. The molecular weight excluding hydrogens is 438 g/mol. The van der Waals surface area contributed by atoms with Crippen molar-refractivity contribution in [3.8, 4) is 0 Å². The first-order chi connectivity index (χ1) is 15.9. The predicted octanol–water partition coefficient (Wildman–Crippen LogP) is 4.15. The summed E-state index contributed by atoms with van der Waals surface area (Å²) >= 11 is 1.42. The number of carbonyl (C=O) groups is 1. The molecule has 4 rings (SSSR count). The number of carbonyl (C=O) groups excluding carboxylic acids is 1. The summed E-state index contributed by atoms with van der Waals surface area (Å²) in [7, 11) is 0. The van der Waals surface area contributed by atoms with E-state index >= 15 is 0 Å². The summed E-state index contributed by atoms with van der Waals surface area (Å²) < 4.78 is 7.05. The molecule has 0 atom stereocenters. The highest BCUT2D eigenvalue weighted by Gasteiger charge is 2.13. The predicted molar refractivity (Wildman–Crippen MR) is 130 cm³/mol. The number of hydrogen-bond donors (Lipinski definition) is 1. The van der Waals surface area contributed by atoms with Crippen LogP contribution in [-0.4, -0.2) is 15.5 Å². The lowest BCUT2D eigenvalue weighted by molar-refractivity contribution is -0.118. The molecular formula is C25H25N3O4S. The smallest absolute Gasteiger partial charge is 0.336 e. The normalized spacial score (nSPS) is 11.3. The van der Waals surface area contributed by atoms with Gasteiger partial charge in [0.25, 0.3) is 5.56 Å². The van der Waals surface area contributed by atoms with E-state index in [0.29, 0.717) is 46.8 Å². The van der Waals surface area contributed by atoms with Crippen LogP contribution in [0.5, 0.6) is 0 Å². The van der Waals surface area contributed by atoms with Gasteiger partial charge in [0.2, 0.25) is 5.91 Å². The Hall–Kier alpha value is -3.39. The highest BCUT2D eigenvalue weighted by atomic mass is 32.2. The molecule has 7 nitrogen and oxygen atoms in total. The molecule has 8 heteroatoms. The molecule has 170 valence electrons. The average molecular weight is 464 g/mol. The zero-order valence-corrected chi connectivity index (χ0v) is 19.2. The minimum Gasteiger partial charge on any atom is -0.423 e. The first kappa shape index (κ1) is 22.8. The SMILES string of the molecule is Cc1ccc2c(CSc3nc4ccccc4c(=O)n3CCCCCC(N)=O)cc(=O)oc2c1. The minimum atomic E-state index is -0.401. The number of unbranched alkanes of at least 4 members (excludes halogenated alkanes) is 2. The zero-order valence-electron chi connectivity index (χ0n) is 18.4. The standard InChI is InChI=1S/C25H25N3O4S/c1-16-10-11-18-17(14-23(30)32-21(18)13-16)15-33-25-27-20-8-5-4-7-19(20)24(31)28(25)12-6-2-3-9-22(26)29/h4-5,7-8,10-11,13-14H,2-3,6,9,12,15H2,1H3,(H2,26,29). The second kappa shape index (κ2) is 10.0. The number of rotatable bonds is 9. The monoisotopic (exact) mass is 463 g/mol. The van der Waals surface area contributed by atoms with Gasteiger partial charge in [0.05, 0.1) is 10.9 Å². The van der Waals surface area contributed by atoms with Crippen molar-refractivity contribution < 1.29 is 9.21 Å². The van der Waals surface area contributed by atoms with E-state index in [0.717, 1.165) is 29.4 Å². The molecule has 0 fully saturated rings. The number of aryl methyl sites for hydroxylation is 1. The minimum absolute atomic E-state index is 0.0916. The Kier molecular flexibility index (Phi) is 6.93.